The van der Waals surface area contributed by atoms with Crippen LogP contribution < -0.4 is 21.5 Å². The minimum atomic E-state index is -0.161. The molecular formula is C13H19N5O2. The first-order valence-electron chi connectivity index (χ1n) is 6.97. The molecule has 2 fully saturated rings. The molecule has 1 unspecified atom stereocenters. The van der Waals surface area contributed by atoms with Crippen molar-refractivity contribution in [2.45, 2.75) is 31.3 Å². The van der Waals surface area contributed by atoms with Gasteiger partial charge in [-0.3, -0.25) is 9.59 Å². The molecule has 0 radical (unpaired) electrons. The van der Waals surface area contributed by atoms with Gasteiger partial charge in [0.1, 0.15) is 5.82 Å². The molecule has 0 spiro atoms. The van der Waals surface area contributed by atoms with Crippen molar-refractivity contribution in [3.63, 3.8) is 0 Å². The molecule has 7 nitrogen and oxygen atoms in total. The van der Waals surface area contributed by atoms with E-state index >= 15 is 0 Å². The van der Waals surface area contributed by atoms with Crippen molar-refractivity contribution >= 4 is 11.7 Å². The lowest BCUT2D eigenvalue weighted by atomic mass is 9.80. The summed E-state index contributed by atoms with van der Waals surface area (Å²) in [5.74, 6) is 0.852. The maximum Gasteiger partial charge on any atom is 0.252 e. The van der Waals surface area contributed by atoms with Gasteiger partial charge in [-0.05, 0) is 19.3 Å². The van der Waals surface area contributed by atoms with Crippen LogP contribution in [0, 0.1) is 5.92 Å². The lowest BCUT2D eigenvalue weighted by molar-refractivity contribution is -0.128. The highest BCUT2D eigenvalue weighted by Crippen LogP contribution is 2.26. The molecule has 1 atom stereocenters. The number of hydrogen-bond donors (Lipinski definition) is 3. The van der Waals surface area contributed by atoms with Crippen molar-refractivity contribution in [2.75, 3.05) is 18.0 Å². The number of aromatic amines is 1. The summed E-state index contributed by atoms with van der Waals surface area (Å²) in [6.45, 7) is 1.49. The normalized spacial score (nSPS) is 29.1. The first-order chi connectivity index (χ1) is 9.61. The molecule has 1 amide bonds. The van der Waals surface area contributed by atoms with Crippen LogP contribution >= 0.6 is 0 Å². The Bertz CT molecular complexity index is 552. The number of nitrogens with two attached hydrogens (primary N) is 1. The Kier molecular flexibility index (Phi) is 3.43. The Balaban J connectivity index is 1.54. The fraction of sp³-hybridized carbons (Fsp3) is 0.615. The number of nitrogens with one attached hydrogen (secondary N) is 2. The molecule has 0 bridgehead atoms. The van der Waals surface area contributed by atoms with Crippen LogP contribution in [0.15, 0.2) is 17.2 Å². The van der Waals surface area contributed by atoms with Gasteiger partial charge in [0.2, 0.25) is 5.91 Å². The number of rotatable bonds is 3. The molecule has 7 heteroatoms. The van der Waals surface area contributed by atoms with Gasteiger partial charge in [0.05, 0.1) is 6.33 Å². The summed E-state index contributed by atoms with van der Waals surface area (Å²) < 4.78 is 0. The van der Waals surface area contributed by atoms with Crippen LogP contribution in [-0.4, -0.2) is 41.0 Å². The maximum absolute atomic E-state index is 12.0. The number of carbonyl (C=O) groups is 1. The SMILES string of the molecule is NC1CC(C(=O)NC2CCN(c3cc(=O)[nH]cn3)C2)C1. The fourth-order valence-electron chi connectivity index (χ4n) is 2.81. The second-order valence-corrected chi connectivity index (χ2v) is 5.64. The van der Waals surface area contributed by atoms with Crippen molar-refractivity contribution in [3.8, 4) is 0 Å². The van der Waals surface area contributed by atoms with Gasteiger partial charge in [-0.1, -0.05) is 0 Å². The second-order valence-electron chi connectivity index (χ2n) is 5.64. The Hall–Kier alpha value is -1.89. The number of nitrogens with zero attached hydrogens (tertiary/aromatic N) is 2. The Morgan fingerprint density at radius 1 is 1.50 bits per heavy atom. The molecule has 4 N–H and O–H groups in total. The predicted molar refractivity (Wildman–Crippen MR) is 74.3 cm³/mol. The minimum absolute atomic E-state index is 0.0803. The van der Waals surface area contributed by atoms with E-state index in [1.54, 1.807) is 0 Å². The second kappa shape index (κ2) is 5.24. The van der Waals surface area contributed by atoms with E-state index in [2.05, 4.69) is 15.3 Å². The molecule has 1 aromatic rings. The third-order valence-corrected chi connectivity index (χ3v) is 4.07. The molecule has 1 aliphatic heterocycles. The zero-order valence-electron chi connectivity index (χ0n) is 11.2. The summed E-state index contributed by atoms with van der Waals surface area (Å²) in [4.78, 5) is 31.9. The third kappa shape index (κ3) is 2.67. The van der Waals surface area contributed by atoms with E-state index in [1.165, 1.54) is 12.4 Å². The van der Waals surface area contributed by atoms with Crippen LogP contribution in [0.4, 0.5) is 5.82 Å². The quantitative estimate of drug-likeness (QED) is 0.671. The van der Waals surface area contributed by atoms with E-state index in [9.17, 15) is 9.59 Å². The maximum atomic E-state index is 12.0. The molecule has 2 aliphatic rings. The topological polar surface area (TPSA) is 104 Å². The van der Waals surface area contributed by atoms with E-state index < -0.39 is 0 Å². The van der Waals surface area contributed by atoms with Gasteiger partial charge in [0, 0.05) is 37.2 Å². The molecular weight excluding hydrogens is 258 g/mol. The smallest absolute Gasteiger partial charge is 0.252 e. The highest BCUT2D eigenvalue weighted by molar-refractivity contribution is 5.80. The summed E-state index contributed by atoms with van der Waals surface area (Å²) in [6, 6.07) is 1.79. The average molecular weight is 277 g/mol. The van der Waals surface area contributed by atoms with Gasteiger partial charge in [0.15, 0.2) is 0 Å². The summed E-state index contributed by atoms with van der Waals surface area (Å²) in [6.07, 6.45) is 3.86. The number of hydrogen-bond acceptors (Lipinski definition) is 5. The Morgan fingerprint density at radius 2 is 2.30 bits per heavy atom. The summed E-state index contributed by atoms with van der Waals surface area (Å²) in [7, 11) is 0. The molecule has 1 saturated heterocycles. The summed E-state index contributed by atoms with van der Waals surface area (Å²) in [5.41, 5.74) is 5.54. The van der Waals surface area contributed by atoms with Crippen molar-refractivity contribution in [1.82, 2.24) is 15.3 Å². The number of aromatic nitrogens is 2. The largest absolute Gasteiger partial charge is 0.354 e. The van der Waals surface area contributed by atoms with E-state index in [1.807, 2.05) is 4.90 Å². The van der Waals surface area contributed by atoms with Gasteiger partial charge in [-0.2, -0.15) is 0 Å². The van der Waals surface area contributed by atoms with Crippen LogP contribution in [-0.2, 0) is 4.79 Å². The van der Waals surface area contributed by atoms with Crippen LogP contribution in [0.5, 0.6) is 0 Å². The molecule has 3 rings (SSSR count). The zero-order chi connectivity index (χ0) is 14.1. The molecule has 1 saturated carbocycles. The van der Waals surface area contributed by atoms with E-state index in [4.69, 9.17) is 5.73 Å². The number of anilines is 1. The van der Waals surface area contributed by atoms with Gasteiger partial charge >= 0.3 is 0 Å². The summed E-state index contributed by atoms with van der Waals surface area (Å²) in [5, 5.41) is 3.07. The Labute approximate surface area is 116 Å². The van der Waals surface area contributed by atoms with Crippen LogP contribution in [0.1, 0.15) is 19.3 Å². The highest BCUT2D eigenvalue weighted by Gasteiger charge is 2.34. The van der Waals surface area contributed by atoms with E-state index in [0.29, 0.717) is 12.4 Å². The molecule has 1 aliphatic carbocycles. The van der Waals surface area contributed by atoms with Gasteiger partial charge in [-0.15, -0.1) is 0 Å². The van der Waals surface area contributed by atoms with Crippen molar-refractivity contribution < 1.29 is 4.79 Å². The lowest BCUT2D eigenvalue weighted by Crippen LogP contribution is -2.48. The standard InChI is InChI=1S/C13H19N5O2/c14-9-3-8(4-9)13(20)17-10-1-2-18(6-10)11-5-12(19)16-7-15-11/h5,7-10H,1-4,6,14H2,(H,17,20)(H,15,16,19). The van der Waals surface area contributed by atoms with Gasteiger partial charge in [0.25, 0.3) is 5.56 Å². The monoisotopic (exact) mass is 277 g/mol. The van der Waals surface area contributed by atoms with Gasteiger partial charge in [-0.25, -0.2) is 4.98 Å². The lowest BCUT2D eigenvalue weighted by Gasteiger charge is -2.32. The first kappa shape index (κ1) is 13.1. The molecule has 1 aromatic heterocycles. The molecule has 0 aromatic carbocycles. The molecule has 20 heavy (non-hydrogen) atoms. The van der Waals surface area contributed by atoms with Crippen LogP contribution in [0.3, 0.4) is 0 Å². The minimum Gasteiger partial charge on any atom is -0.354 e. The van der Waals surface area contributed by atoms with Crippen LogP contribution in [0.25, 0.3) is 0 Å². The number of carbonyl (C=O) groups excluding carboxylic acids is 1. The zero-order valence-corrected chi connectivity index (χ0v) is 11.2. The summed E-state index contributed by atoms with van der Waals surface area (Å²) >= 11 is 0. The van der Waals surface area contributed by atoms with Crippen LogP contribution in [0.2, 0.25) is 0 Å². The number of amides is 1. The van der Waals surface area contributed by atoms with E-state index in [-0.39, 0.29) is 29.5 Å². The average Bonchev–Trinajstić information content (AvgIpc) is 2.83. The molecule has 2 heterocycles. The highest BCUT2D eigenvalue weighted by atomic mass is 16.2. The van der Waals surface area contributed by atoms with Crippen molar-refractivity contribution in [2.24, 2.45) is 11.7 Å². The fourth-order valence-corrected chi connectivity index (χ4v) is 2.81. The Morgan fingerprint density at radius 3 is 3.00 bits per heavy atom. The third-order valence-electron chi connectivity index (χ3n) is 4.07. The first-order valence-corrected chi connectivity index (χ1v) is 6.97. The van der Waals surface area contributed by atoms with Crippen molar-refractivity contribution in [1.29, 1.82) is 0 Å². The number of H-pyrrole nitrogens is 1. The van der Waals surface area contributed by atoms with Crippen molar-refractivity contribution in [3.05, 3.63) is 22.7 Å². The van der Waals surface area contributed by atoms with E-state index in [0.717, 1.165) is 25.8 Å². The molecule has 108 valence electrons. The predicted octanol–water partition coefficient (Wildman–Crippen LogP) is -0.798. The van der Waals surface area contributed by atoms with Gasteiger partial charge < -0.3 is 20.9 Å².